The molecule has 0 spiro atoms. The number of hydrogen-bond donors (Lipinski definition) is 1. The Morgan fingerprint density at radius 1 is 0.955 bits per heavy atom. The van der Waals surface area contributed by atoms with Crippen LogP contribution in [0.2, 0.25) is 10.0 Å². The fourth-order valence-corrected chi connectivity index (χ4v) is 6.60. The van der Waals surface area contributed by atoms with Crippen LogP contribution in [0.3, 0.4) is 0 Å². The number of aliphatic hydroxyl groups is 1. The highest BCUT2D eigenvalue weighted by Crippen LogP contribution is 2.45. The second-order valence-electron chi connectivity index (χ2n) is 10.7. The van der Waals surface area contributed by atoms with Crippen LogP contribution in [-0.2, 0) is 10.0 Å². The number of ether oxygens (including phenoxy) is 1. The number of amidine groups is 1. The second-order valence-corrected chi connectivity index (χ2v) is 13.7. The highest BCUT2D eigenvalue weighted by Gasteiger charge is 2.45. The van der Waals surface area contributed by atoms with Crippen LogP contribution >= 0.6 is 23.2 Å². The minimum Gasteiger partial charge on any atom is -0.493 e. The van der Waals surface area contributed by atoms with Crippen molar-refractivity contribution in [3.05, 3.63) is 93.5 Å². The van der Waals surface area contributed by atoms with Gasteiger partial charge in [-0.3, -0.25) is 14.8 Å². The zero-order valence-corrected chi connectivity index (χ0v) is 27.1. The van der Waals surface area contributed by atoms with E-state index >= 15 is 0 Å². The molecule has 44 heavy (non-hydrogen) atoms. The van der Waals surface area contributed by atoms with E-state index in [1.165, 1.54) is 26.2 Å². The molecule has 0 saturated carbocycles. The van der Waals surface area contributed by atoms with Crippen LogP contribution in [0.25, 0.3) is 0 Å². The number of carbonyl (C=O) groups excluding carboxylic acids is 1. The van der Waals surface area contributed by atoms with Crippen LogP contribution in [0.15, 0.2) is 76.6 Å². The van der Waals surface area contributed by atoms with E-state index in [4.69, 9.17) is 32.9 Å². The number of aliphatic imine (C=N–C) groups is 1. The highest BCUT2D eigenvalue weighted by molar-refractivity contribution is 7.89. The topological polar surface area (TPSA) is 106 Å². The molecule has 1 fully saturated rings. The molecule has 0 bridgehead atoms. The van der Waals surface area contributed by atoms with Crippen LogP contribution in [0.1, 0.15) is 35.7 Å². The molecule has 1 saturated heterocycles. The van der Waals surface area contributed by atoms with Gasteiger partial charge in [0.25, 0.3) is 0 Å². The molecule has 2 heterocycles. The molecule has 10 nitrogen and oxygen atoms in total. The molecule has 0 aliphatic carbocycles. The summed E-state index contributed by atoms with van der Waals surface area (Å²) in [6.45, 7) is 3.88. The van der Waals surface area contributed by atoms with Crippen molar-refractivity contribution in [3.63, 3.8) is 0 Å². The smallest absolute Gasteiger partial charge is 0.326 e. The van der Waals surface area contributed by atoms with Crippen LogP contribution in [0.5, 0.6) is 5.75 Å². The molecule has 2 aliphatic heterocycles. The lowest BCUT2D eigenvalue weighted by atomic mass is 9.93. The van der Waals surface area contributed by atoms with Crippen LogP contribution < -0.4 is 4.74 Å². The van der Waals surface area contributed by atoms with Gasteiger partial charge in [-0.15, -0.1) is 0 Å². The second kappa shape index (κ2) is 13.4. The number of hydrogen-bond acceptors (Lipinski definition) is 7. The van der Waals surface area contributed by atoms with E-state index in [0.717, 1.165) is 15.4 Å². The molecule has 0 aromatic heterocycles. The lowest BCUT2D eigenvalue weighted by Crippen LogP contribution is -2.54. The molecule has 2 atom stereocenters. The summed E-state index contributed by atoms with van der Waals surface area (Å²) < 4.78 is 33.6. The summed E-state index contributed by atoms with van der Waals surface area (Å²) >= 11 is 12.5. The van der Waals surface area contributed by atoms with Crippen LogP contribution in [0, 0.1) is 0 Å². The van der Waals surface area contributed by atoms with E-state index in [1.807, 2.05) is 36.1 Å². The first-order valence-electron chi connectivity index (χ1n) is 14.2. The highest BCUT2D eigenvalue weighted by atomic mass is 35.5. The average molecular weight is 661 g/mol. The molecule has 2 aliphatic rings. The summed E-state index contributed by atoms with van der Waals surface area (Å²) in [4.78, 5) is 25.0. The van der Waals surface area contributed by atoms with Crippen molar-refractivity contribution in [1.29, 1.82) is 0 Å². The normalized spacial score (nSPS) is 19.4. The number of urea groups is 1. The molecule has 13 heteroatoms. The van der Waals surface area contributed by atoms with Gasteiger partial charge in [0.1, 0.15) is 17.6 Å². The molecule has 3 aromatic carbocycles. The van der Waals surface area contributed by atoms with E-state index in [9.17, 15) is 18.3 Å². The van der Waals surface area contributed by atoms with E-state index < -0.39 is 22.1 Å². The van der Waals surface area contributed by atoms with Crippen molar-refractivity contribution in [2.45, 2.75) is 23.9 Å². The maximum atomic E-state index is 14.6. The van der Waals surface area contributed by atoms with Gasteiger partial charge in [-0.1, -0.05) is 47.5 Å². The average Bonchev–Trinajstić information content (AvgIpc) is 3.42. The van der Waals surface area contributed by atoms with Gasteiger partial charge in [0.2, 0.25) is 10.0 Å². The third-order valence-electron chi connectivity index (χ3n) is 7.81. The van der Waals surface area contributed by atoms with Gasteiger partial charge in [-0.2, -0.15) is 0 Å². The first kappa shape index (κ1) is 32.2. The lowest BCUT2D eigenvalue weighted by Gasteiger charge is -2.38. The number of amides is 2. The Balaban J connectivity index is 1.73. The SMILES string of the molecule is CCOc1ccc(S(=O)(=O)N(C)C)cc1C1=NC(c2ccc(Cl)cc2)C(c2ccc(Cl)cc2)N1C(=O)N1CCN(CO)CC1. The van der Waals surface area contributed by atoms with E-state index in [0.29, 0.717) is 60.0 Å². The van der Waals surface area contributed by atoms with E-state index in [2.05, 4.69) is 0 Å². The van der Waals surface area contributed by atoms with Crippen LogP contribution in [0.4, 0.5) is 4.79 Å². The fraction of sp³-hybridized carbons (Fsp3) is 0.355. The number of halogens is 2. The molecular formula is C31H35Cl2N5O5S. The largest absolute Gasteiger partial charge is 0.493 e. The van der Waals surface area contributed by atoms with Gasteiger partial charge >= 0.3 is 6.03 Å². The van der Waals surface area contributed by atoms with Crippen molar-refractivity contribution in [2.75, 3.05) is 53.6 Å². The predicted molar refractivity (Wildman–Crippen MR) is 171 cm³/mol. The minimum absolute atomic E-state index is 0.0469. The maximum absolute atomic E-state index is 14.6. The van der Waals surface area contributed by atoms with Crippen molar-refractivity contribution in [1.82, 2.24) is 19.0 Å². The molecule has 5 rings (SSSR count). The Morgan fingerprint density at radius 3 is 2.09 bits per heavy atom. The number of aliphatic hydroxyl groups excluding tert-OH is 1. The molecule has 1 N–H and O–H groups in total. The summed E-state index contributed by atoms with van der Waals surface area (Å²) in [6, 6.07) is 17.8. The summed E-state index contributed by atoms with van der Waals surface area (Å²) in [6.07, 6.45) is 0. The number of sulfonamides is 1. The first-order valence-corrected chi connectivity index (χ1v) is 16.4. The summed E-state index contributed by atoms with van der Waals surface area (Å²) in [5.74, 6) is 0.692. The number of nitrogens with zero attached hydrogens (tertiary/aromatic N) is 5. The van der Waals surface area contributed by atoms with Gasteiger partial charge in [-0.05, 0) is 60.5 Å². The number of carbonyl (C=O) groups is 1. The zero-order valence-electron chi connectivity index (χ0n) is 24.7. The summed E-state index contributed by atoms with van der Waals surface area (Å²) in [5, 5.41) is 10.7. The Kier molecular flexibility index (Phi) is 9.83. The number of rotatable bonds is 8. The van der Waals surface area contributed by atoms with Crippen molar-refractivity contribution in [2.24, 2.45) is 4.99 Å². The van der Waals surface area contributed by atoms with E-state index in [1.54, 1.807) is 40.1 Å². The molecule has 2 amide bonds. The monoisotopic (exact) mass is 659 g/mol. The van der Waals surface area contributed by atoms with Crippen LogP contribution in [-0.4, -0.2) is 98.0 Å². The number of piperazine rings is 1. The van der Waals surface area contributed by atoms with Crippen molar-refractivity contribution in [3.8, 4) is 5.75 Å². The Bertz CT molecular complexity index is 1630. The molecule has 0 radical (unpaired) electrons. The summed E-state index contributed by atoms with van der Waals surface area (Å²) in [7, 11) is -0.887. The number of benzene rings is 3. The molecule has 3 aromatic rings. The van der Waals surface area contributed by atoms with Gasteiger partial charge in [0, 0.05) is 50.3 Å². The predicted octanol–water partition coefficient (Wildman–Crippen LogP) is 4.87. The van der Waals surface area contributed by atoms with Gasteiger partial charge in [0.15, 0.2) is 0 Å². The van der Waals surface area contributed by atoms with E-state index in [-0.39, 0.29) is 17.7 Å². The zero-order chi connectivity index (χ0) is 31.6. The fourth-order valence-electron chi connectivity index (χ4n) is 5.42. The van der Waals surface area contributed by atoms with Gasteiger partial charge in [-0.25, -0.2) is 17.5 Å². The van der Waals surface area contributed by atoms with Crippen molar-refractivity contribution >= 4 is 45.1 Å². The molecule has 2 unspecified atom stereocenters. The third-order valence-corrected chi connectivity index (χ3v) is 10.1. The Labute approximate surface area is 268 Å². The van der Waals surface area contributed by atoms with Crippen molar-refractivity contribution < 1.29 is 23.1 Å². The molecular weight excluding hydrogens is 625 g/mol. The van der Waals surface area contributed by atoms with Gasteiger partial charge < -0.3 is 14.7 Å². The lowest BCUT2D eigenvalue weighted by molar-refractivity contribution is 0.0587. The first-order chi connectivity index (χ1) is 21.0. The molecule has 234 valence electrons. The summed E-state index contributed by atoms with van der Waals surface area (Å²) in [5.41, 5.74) is 2.00. The minimum atomic E-state index is -3.82. The standard InChI is InChI=1S/C31H35Cl2N5O5S/c1-4-43-27-14-13-25(44(41,42)35(2)3)19-26(27)30-34-28(21-5-9-23(32)10-6-21)29(22-7-11-24(33)12-8-22)38(30)31(40)37-17-15-36(20-39)16-18-37/h5-14,19,28-29,39H,4,15-18,20H2,1-3H3. The maximum Gasteiger partial charge on any atom is 0.326 e. The van der Waals surface area contributed by atoms with Gasteiger partial charge in [0.05, 0.1) is 29.8 Å². The third kappa shape index (κ3) is 6.44. The Morgan fingerprint density at radius 2 is 1.55 bits per heavy atom. The Hall–Kier alpha value is -3.19. The quantitative estimate of drug-likeness (QED) is 0.370.